The molecular weight excluding hydrogens is 218 g/mol. The molecule has 1 aromatic heterocycles. The van der Waals surface area contributed by atoms with E-state index in [0.29, 0.717) is 5.69 Å². The first kappa shape index (κ1) is 9.77. The molecule has 5 heteroatoms. The minimum absolute atomic E-state index is 0.277. The number of nitrogens with one attached hydrogen (secondary N) is 1. The van der Waals surface area contributed by atoms with E-state index < -0.39 is 0 Å². The van der Waals surface area contributed by atoms with Crippen LogP contribution in [0.2, 0.25) is 0 Å². The Balaban J connectivity index is 1.83. The summed E-state index contributed by atoms with van der Waals surface area (Å²) in [5.74, 6) is 2.24. The van der Waals surface area contributed by atoms with Crippen LogP contribution in [0.1, 0.15) is 0 Å². The minimum Gasteiger partial charge on any atom is -0.454 e. The second-order valence-electron chi connectivity index (χ2n) is 3.67. The molecule has 1 aliphatic heterocycles. The van der Waals surface area contributed by atoms with Crippen LogP contribution in [0.15, 0.2) is 36.5 Å². The summed E-state index contributed by atoms with van der Waals surface area (Å²) in [7, 11) is 0. The molecule has 0 aliphatic carbocycles. The smallest absolute Gasteiger partial charge is 0.231 e. The van der Waals surface area contributed by atoms with Crippen LogP contribution in [0, 0.1) is 0 Å². The van der Waals surface area contributed by atoms with Gasteiger partial charge >= 0.3 is 0 Å². The van der Waals surface area contributed by atoms with Gasteiger partial charge in [0.15, 0.2) is 11.5 Å². The van der Waals surface area contributed by atoms with Gasteiger partial charge in [0, 0.05) is 11.8 Å². The number of nitrogen functional groups attached to an aromatic ring is 1. The zero-order chi connectivity index (χ0) is 11.7. The number of anilines is 3. The van der Waals surface area contributed by atoms with Crippen molar-refractivity contribution in [1.82, 2.24) is 4.98 Å². The molecule has 2 aromatic rings. The Hall–Kier alpha value is -2.43. The monoisotopic (exact) mass is 229 g/mol. The van der Waals surface area contributed by atoms with Gasteiger partial charge in [0.2, 0.25) is 6.79 Å². The number of pyridine rings is 1. The van der Waals surface area contributed by atoms with Crippen LogP contribution < -0.4 is 20.5 Å². The summed E-state index contributed by atoms with van der Waals surface area (Å²) in [6.45, 7) is 0.277. The van der Waals surface area contributed by atoms with E-state index in [0.717, 1.165) is 23.0 Å². The Morgan fingerprint density at radius 3 is 2.82 bits per heavy atom. The zero-order valence-electron chi connectivity index (χ0n) is 9.01. The maximum atomic E-state index is 5.57. The molecule has 1 aliphatic rings. The van der Waals surface area contributed by atoms with Gasteiger partial charge in [0.1, 0.15) is 5.82 Å². The highest BCUT2D eigenvalue weighted by atomic mass is 16.7. The van der Waals surface area contributed by atoms with Crippen molar-refractivity contribution < 1.29 is 9.47 Å². The largest absolute Gasteiger partial charge is 0.454 e. The summed E-state index contributed by atoms with van der Waals surface area (Å²) in [6, 6.07) is 9.26. The molecule has 3 N–H and O–H groups in total. The molecule has 0 fully saturated rings. The predicted octanol–water partition coefficient (Wildman–Crippen LogP) is 2.14. The third-order valence-corrected chi connectivity index (χ3v) is 2.43. The van der Waals surface area contributed by atoms with Crippen molar-refractivity contribution in [2.24, 2.45) is 0 Å². The second kappa shape index (κ2) is 3.86. The lowest BCUT2D eigenvalue weighted by Gasteiger charge is -2.06. The molecule has 17 heavy (non-hydrogen) atoms. The number of fused-ring (bicyclic) bond motifs is 1. The van der Waals surface area contributed by atoms with Crippen LogP contribution in [0.25, 0.3) is 0 Å². The number of nitrogens with zero attached hydrogens (tertiary/aromatic N) is 1. The standard InChI is InChI=1S/C12H11N3O2/c13-8-1-4-12(14-6-8)15-9-2-3-10-11(5-9)17-7-16-10/h1-6H,7,13H2,(H,14,15). The lowest BCUT2D eigenvalue weighted by Crippen LogP contribution is -1.94. The first-order chi connectivity index (χ1) is 8.31. The fourth-order valence-corrected chi connectivity index (χ4v) is 1.60. The van der Waals surface area contributed by atoms with E-state index in [4.69, 9.17) is 15.2 Å². The number of hydrogen-bond donors (Lipinski definition) is 2. The molecule has 0 unspecified atom stereocenters. The van der Waals surface area contributed by atoms with Crippen molar-refractivity contribution in [3.63, 3.8) is 0 Å². The molecule has 3 rings (SSSR count). The van der Waals surface area contributed by atoms with Crippen LogP contribution >= 0.6 is 0 Å². The van der Waals surface area contributed by atoms with E-state index in [1.807, 2.05) is 24.3 Å². The van der Waals surface area contributed by atoms with Crippen LogP contribution in [-0.4, -0.2) is 11.8 Å². The first-order valence-corrected chi connectivity index (χ1v) is 5.19. The fraction of sp³-hybridized carbons (Fsp3) is 0.0833. The molecule has 0 amide bonds. The van der Waals surface area contributed by atoms with E-state index in [9.17, 15) is 0 Å². The van der Waals surface area contributed by atoms with Gasteiger partial charge < -0.3 is 20.5 Å². The SMILES string of the molecule is Nc1ccc(Nc2ccc3c(c2)OCO3)nc1. The van der Waals surface area contributed by atoms with Crippen LogP contribution in [0.5, 0.6) is 11.5 Å². The molecule has 0 saturated heterocycles. The number of aromatic nitrogens is 1. The van der Waals surface area contributed by atoms with Gasteiger partial charge in [-0.2, -0.15) is 0 Å². The summed E-state index contributed by atoms with van der Waals surface area (Å²) < 4.78 is 10.5. The average Bonchev–Trinajstić information content (AvgIpc) is 2.79. The van der Waals surface area contributed by atoms with Crippen LogP contribution in [0.4, 0.5) is 17.2 Å². The molecule has 0 spiro atoms. The number of ether oxygens (including phenoxy) is 2. The third-order valence-electron chi connectivity index (χ3n) is 2.43. The Bertz CT molecular complexity index is 540. The third kappa shape index (κ3) is 1.94. The lowest BCUT2D eigenvalue weighted by atomic mass is 10.2. The van der Waals surface area contributed by atoms with Gasteiger partial charge in [0.05, 0.1) is 11.9 Å². The number of rotatable bonds is 2. The Labute approximate surface area is 98.2 Å². The Morgan fingerprint density at radius 1 is 1.12 bits per heavy atom. The summed E-state index contributed by atoms with van der Waals surface area (Å²) in [4.78, 5) is 4.16. The second-order valence-corrected chi connectivity index (χ2v) is 3.67. The molecule has 0 bridgehead atoms. The molecule has 0 radical (unpaired) electrons. The molecule has 2 heterocycles. The summed E-state index contributed by atoms with van der Waals surface area (Å²) in [5.41, 5.74) is 7.10. The normalized spacial score (nSPS) is 12.5. The van der Waals surface area contributed by atoms with E-state index in [1.165, 1.54) is 0 Å². The van der Waals surface area contributed by atoms with Crippen molar-refractivity contribution >= 4 is 17.2 Å². The highest BCUT2D eigenvalue weighted by molar-refractivity contribution is 5.62. The summed E-state index contributed by atoms with van der Waals surface area (Å²) in [5, 5.41) is 3.16. The van der Waals surface area contributed by atoms with E-state index >= 15 is 0 Å². The first-order valence-electron chi connectivity index (χ1n) is 5.19. The van der Waals surface area contributed by atoms with Gasteiger partial charge in [-0.05, 0) is 24.3 Å². The van der Waals surface area contributed by atoms with Crippen LogP contribution in [-0.2, 0) is 0 Å². The number of nitrogens with two attached hydrogens (primary N) is 1. The van der Waals surface area contributed by atoms with Gasteiger partial charge in [-0.1, -0.05) is 0 Å². The van der Waals surface area contributed by atoms with Gasteiger partial charge in [0.25, 0.3) is 0 Å². The quantitative estimate of drug-likeness (QED) is 0.825. The van der Waals surface area contributed by atoms with E-state index in [1.54, 1.807) is 12.3 Å². The highest BCUT2D eigenvalue weighted by Gasteiger charge is 2.13. The Morgan fingerprint density at radius 2 is 2.00 bits per heavy atom. The molecule has 5 nitrogen and oxygen atoms in total. The molecule has 1 aromatic carbocycles. The van der Waals surface area contributed by atoms with Gasteiger partial charge in [-0.3, -0.25) is 0 Å². The predicted molar refractivity (Wildman–Crippen MR) is 64.5 cm³/mol. The molecule has 86 valence electrons. The van der Waals surface area contributed by atoms with Crippen molar-refractivity contribution in [1.29, 1.82) is 0 Å². The van der Waals surface area contributed by atoms with Crippen molar-refractivity contribution in [3.05, 3.63) is 36.5 Å². The molecular formula is C12H11N3O2. The summed E-state index contributed by atoms with van der Waals surface area (Å²) >= 11 is 0. The highest BCUT2D eigenvalue weighted by Crippen LogP contribution is 2.34. The lowest BCUT2D eigenvalue weighted by molar-refractivity contribution is 0.174. The molecule has 0 saturated carbocycles. The number of benzene rings is 1. The number of hydrogen-bond acceptors (Lipinski definition) is 5. The summed E-state index contributed by atoms with van der Waals surface area (Å²) in [6.07, 6.45) is 1.61. The van der Waals surface area contributed by atoms with Crippen molar-refractivity contribution in [2.75, 3.05) is 17.8 Å². The Kier molecular flexibility index (Phi) is 2.22. The molecule has 0 atom stereocenters. The zero-order valence-corrected chi connectivity index (χ0v) is 9.01. The van der Waals surface area contributed by atoms with Gasteiger partial charge in [-0.25, -0.2) is 4.98 Å². The van der Waals surface area contributed by atoms with Crippen molar-refractivity contribution in [3.8, 4) is 11.5 Å². The maximum Gasteiger partial charge on any atom is 0.231 e. The fourth-order valence-electron chi connectivity index (χ4n) is 1.60. The maximum absolute atomic E-state index is 5.57. The topological polar surface area (TPSA) is 69.4 Å². The van der Waals surface area contributed by atoms with E-state index in [-0.39, 0.29) is 6.79 Å². The van der Waals surface area contributed by atoms with Crippen molar-refractivity contribution in [2.45, 2.75) is 0 Å². The van der Waals surface area contributed by atoms with Gasteiger partial charge in [-0.15, -0.1) is 0 Å². The average molecular weight is 229 g/mol. The minimum atomic E-state index is 0.277. The van der Waals surface area contributed by atoms with Crippen LogP contribution in [0.3, 0.4) is 0 Å². The van der Waals surface area contributed by atoms with E-state index in [2.05, 4.69) is 10.3 Å².